The number of aliphatic hydroxyl groups excluding tert-OH is 1. The van der Waals surface area contributed by atoms with Crippen LogP contribution in [0.3, 0.4) is 0 Å². The lowest BCUT2D eigenvalue weighted by atomic mass is 9.99. The first-order chi connectivity index (χ1) is 9.45. The summed E-state index contributed by atoms with van der Waals surface area (Å²) in [6, 6.07) is 5.49. The first-order valence-electron chi connectivity index (χ1n) is 5.66. The molecule has 0 aliphatic rings. The van der Waals surface area contributed by atoms with Gasteiger partial charge in [0.05, 0.1) is 24.4 Å². The molecule has 0 aliphatic heterocycles. The standard InChI is InChI=1S/C13H10F3N3O/c14-13(15,16)12-5-9(8-20)1-2-11(12)10-6-18-19(7-10)4-3-17/h1-2,5-7,20H,4,8H2. The van der Waals surface area contributed by atoms with Gasteiger partial charge in [0, 0.05) is 11.8 Å². The highest BCUT2D eigenvalue weighted by atomic mass is 19.4. The van der Waals surface area contributed by atoms with Crippen LogP contribution in [-0.2, 0) is 19.3 Å². The van der Waals surface area contributed by atoms with E-state index >= 15 is 0 Å². The van der Waals surface area contributed by atoms with Crippen LogP contribution in [0.5, 0.6) is 0 Å². The van der Waals surface area contributed by atoms with Crippen molar-refractivity contribution in [1.29, 1.82) is 5.26 Å². The van der Waals surface area contributed by atoms with Crippen molar-refractivity contribution in [3.63, 3.8) is 0 Å². The average molecular weight is 281 g/mol. The summed E-state index contributed by atoms with van der Waals surface area (Å²) in [4.78, 5) is 0. The second kappa shape index (κ2) is 5.35. The maximum absolute atomic E-state index is 13.0. The zero-order valence-electron chi connectivity index (χ0n) is 10.2. The van der Waals surface area contributed by atoms with Gasteiger partial charge < -0.3 is 5.11 Å². The number of benzene rings is 1. The molecule has 0 saturated carbocycles. The Morgan fingerprint density at radius 3 is 2.70 bits per heavy atom. The lowest BCUT2D eigenvalue weighted by Gasteiger charge is -2.13. The van der Waals surface area contributed by atoms with E-state index in [0.717, 1.165) is 6.07 Å². The third-order valence-corrected chi connectivity index (χ3v) is 2.75. The van der Waals surface area contributed by atoms with E-state index in [2.05, 4.69) is 5.10 Å². The first kappa shape index (κ1) is 14.1. The monoisotopic (exact) mass is 281 g/mol. The van der Waals surface area contributed by atoms with E-state index in [4.69, 9.17) is 10.4 Å². The number of halogens is 3. The third kappa shape index (κ3) is 2.81. The molecule has 1 heterocycles. The number of hydrogen-bond acceptors (Lipinski definition) is 3. The van der Waals surface area contributed by atoms with Crippen molar-refractivity contribution in [3.8, 4) is 17.2 Å². The zero-order chi connectivity index (χ0) is 14.8. The Labute approximate surface area is 112 Å². The highest BCUT2D eigenvalue weighted by Crippen LogP contribution is 2.37. The van der Waals surface area contributed by atoms with Crippen LogP contribution < -0.4 is 0 Å². The first-order valence-corrected chi connectivity index (χ1v) is 5.66. The maximum atomic E-state index is 13.0. The number of aliphatic hydroxyl groups is 1. The summed E-state index contributed by atoms with van der Waals surface area (Å²) < 4.78 is 40.4. The molecule has 0 unspecified atom stereocenters. The number of rotatable bonds is 3. The summed E-state index contributed by atoms with van der Waals surface area (Å²) in [6.45, 7) is -0.493. The SMILES string of the molecule is N#CCn1cc(-c2ccc(CO)cc2C(F)(F)F)cn1. The molecule has 104 valence electrons. The van der Waals surface area contributed by atoms with Gasteiger partial charge in [-0.2, -0.15) is 23.5 Å². The second-order valence-electron chi connectivity index (χ2n) is 4.12. The summed E-state index contributed by atoms with van der Waals surface area (Å²) in [5.41, 5.74) is -0.401. The van der Waals surface area contributed by atoms with Gasteiger partial charge >= 0.3 is 6.18 Å². The smallest absolute Gasteiger partial charge is 0.392 e. The predicted octanol–water partition coefficient (Wildman–Crippen LogP) is 2.58. The van der Waals surface area contributed by atoms with E-state index in [0.29, 0.717) is 0 Å². The normalized spacial score (nSPS) is 11.3. The van der Waals surface area contributed by atoms with Crippen molar-refractivity contribution in [2.45, 2.75) is 19.3 Å². The fourth-order valence-corrected chi connectivity index (χ4v) is 1.84. The maximum Gasteiger partial charge on any atom is 0.417 e. The van der Waals surface area contributed by atoms with Gasteiger partial charge in [-0.1, -0.05) is 12.1 Å². The minimum absolute atomic E-state index is 0.0288. The lowest BCUT2D eigenvalue weighted by molar-refractivity contribution is -0.137. The van der Waals surface area contributed by atoms with Crippen molar-refractivity contribution in [3.05, 3.63) is 41.7 Å². The van der Waals surface area contributed by atoms with E-state index in [1.807, 2.05) is 6.07 Å². The molecule has 1 aromatic heterocycles. The van der Waals surface area contributed by atoms with Crippen LogP contribution >= 0.6 is 0 Å². The van der Waals surface area contributed by atoms with Crippen LogP contribution in [0.15, 0.2) is 30.6 Å². The second-order valence-corrected chi connectivity index (χ2v) is 4.12. The van der Waals surface area contributed by atoms with Crippen LogP contribution in [0.1, 0.15) is 11.1 Å². The molecule has 2 aromatic rings. The predicted molar refractivity (Wildman–Crippen MR) is 64.2 cm³/mol. The van der Waals surface area contributed by atoms with Gasteiger partial charge in [-0.15, -0.1) is 0 Å². The molecule has 0 spiro atoms. The molecule has 0 radical (unpaired) electrons. The minimum Gasteiger partial charge on any atom is -0.392 e. The van der Waals surface area contributed by atoms with Gasteiger partial charge in [-0.3, -0.25) is 4.68 Å². The fraction of sp³-hybridized carbons (Fsp3) is 0.231. The van der Waals surface area contributed by atoms with E-state index in [-0.39, 0.29) is 23.2 Å². The molecule has 0 aliphatic carbocycles. The van der Waals surface area contributed by atoms with Crippen molar-refractivity contribution >= 4 is 0 Å². The summed E-state index contributed by atoms with van der Waals surface area (Å²) in [6.07, 6.45) is -1.87. The van der Waals surface area contributed by atoms with E-state index in [1.54, 1.807) is 0 Å². The molecule has 0 amide bonds. The molecular weight excluding hydrogens is 271 g/mol. The Bertz CT molecular complexity index is 656. The van der Waals surface area contributed by atoms with Crippen LogP contribution in [0.4, 0.5) is 13.2 Å². The molecule has 1 N–H and O–H groups in total. The summed E-state index contributed by atoms with van der Waals surface area (Å²) in [5, 5.41) is 21.3. The molecule has 20 heavy (non-hydrogen) atoms. The van der Waals surface area contributed by atoms with Gasteiger partial charge in [0.15, 0.2) is 0 Å². The molecule has 2 rings (SSSR count). The van der Waals surface area contributed by atoms with Crippen molar-refractivity contribution in [1.82, 2.24) is 9.78 Å². The Kier molecular flexibility index (Phi) is 3.77. The minimum atomic E-state index is -4.53. The van der Waals surface area contributed by atoms with Gasteiger partial charge in [-0.25, -0.2) is 0 Å². The summed E-state index contributed by atoms with van der Waals surface area (Å²) in [7, 11) is 0. The highest BCUT2D eigenvalue weighted by Gasteiger charge is 2.34. The number of aromatic nitrogens is 2. The Hall–Kier alpha value is -2.33. The number of nitriles is 1. The summed E-state index contributed by atoms with van der Waals surface area (Å²) >= 11 is 0. The third-order valence-electron chi connectivity index (χ3n) is 2.75. The highest BCUT2D eigenvalue weighted by molar-refractivity contribution is 5.67. The quantitative estimate of drug-likeness (QED) is 0.940. The molecule has 0 saturated heterocycles. The van der Waals surface area contributed by atoms with Crippen LogP contribution in [0.25, 0.3) is 11.1 Å². The van der Waals surface area contributed by atoms with Crippen LogP contribution in [0.2, 0.25) is 0 Å². The fourth-order valence-electron chi connectivity index (χ4n) is 1.84. The zero-order valence-corrected chi connectivity index (χ0v) is 10.2. The molecule has 7 heteroatoms. The Morgan fingerprint density at radius 1 is 1.35 bits per heavy atom. The van der Waals surface area contributed by atoms with Crippen molar-refractivity contribution in [2.24, 2.45) is 0 Å². The molecule has 4 nitrogen and oxygen atoms in total. The van der Waals surface area contributed by atoms with Crippen LogP contribution in [-0.4, -0.2) is 14.9 Å². The topological polar surface area (TPSA) is 61.8 Å². The molecule has 0 atom stereocenters. The number of hydrogen-bond donors (Lipinski definition) is 1. The molecule has 1 aromatic carbocycles. The number of alkyl halides is 3. The van der Waals surface area contributed by atoms with Crippen molar-refractivity contribution in [2.75, 3.05) is 0 Å². The van der Waals surface area contributed by atoms with Gasteiger partial charge in [-0.05, 0) is 17.2 Å². The van der Waals surface area contributed by atoms with Gasteiger partial charge in [0.1, 0.15) is 6.54 Å². The van der Waals surface area contributed by atoms with E-state index in [1.165, 1.54) is 29.2 Å². The molecular formula is C13H10F3N3O. The van der Waals surface area contributed by atoms with Crippen molar-refractivity contribution < 1.29 is 18.3 Å². The van der Waals surface area contributed by atoms with E-state index < -0.39 is 18.3 Å². The average Bonchev–Trinajstić information content (AvgIpc) is 2.86. The lowest BCUT2D eigenvalue weighted by Crippen LogP contribution is -2.08. The van der Waals surface area contributed by atoms with Crippen LogP contribution in [0, 0.1) is 11.3 Å². The molecule has 0 fully saturated rings. The largest absolute Gasteiger partial charge is 0.417 e. The number of nitrogens with zero attached hydrogens (tertiary/aromatic N) is 3. The molecule has 0 bridgehead atoms. The Balaban J connectivity index is 2.52. The summed E-state index contributed by atoms with van der Waals surface area (Å²) in [5.74, 6) is 0. The van der Waals surface area contributed by atoms with Gasteiger partial charge in [0.2, 0.25) is 0 Å². The van der Waals surface area contributed by atoms with E-state index in [9.17, 15) is 13.2 Å². The van der Waals surface area contributed by atoms with Gasteiger partial charge in [0.25, 0.3) is 0 Å². The Morgan fingerprint density at radius 2 is 2.10 bits per heavy atom.